The molecule has 1 atom stereocenters. The van der Waals surface area contributed by atoms with E-state index in [0.29, 0.717) is 29.4 Å². The summed E-state index contributed by atoms with van der Waals surface area (Å²) in [6, 6.07) is 4.24. The number of amides is 2. The zero-order valence-corrected chi connectivity index (χ0v) is 10.7. The summed E-state index contributed by atoms with van der Waals surface area (Å²) in [4.78, 5) is 25.4. The molecule has 1 aromatic rings. The zero-order chi connectivity index (χ0) is 13.3. The van der Waals surface area contributed by atoms with E-state index in [1.54, 1.807) is 19.1 Å². The smallest absolute Gasteiger partial charge is 0.256 e. The van der Waals surface area contributed by atoms with E-state index in [-0.39, 0.29) is 11.8 Å². The lowest BCUT2D eigenvalue weighted by atomic mass is 10.1. The zero-order valence-electron chi connectivity index (χ0n) is 9.94. The van der Waals surface area contributed by atoms with Gasteiger partial charge in [0, 0.05) is 23.8 Å². The minimum Gasteiger partial charge on any atom is -0.398 e. The molecule has 0 aromatic heterocycles. The van der Waals surface area contributed by atoms with Crippen LogP contribution < -0.4 is 11.1 Å². The first-order valence-corrected chi connectivity index (χ1v) is 6.02. The maximum absolute atomic E-state index is 12.3. The topological polar surface area (TPSA) is 75.4 Å². The van der Waals surface area contributed by atoms with Crippen LogP contribution in [-0.2, 0) is 4.79 Å². The van der Waals surface area contributed by atoms with Gasteiger partial charge in [0.1, 0.15) is 6.04 Å². The molecule has 2 rings (SSSR count). The van der Waals surface area contributed by atoms with Gasteiger partial charge in [-0.25, -0.2) is 0 Å². The lowest BCUT2D eigenvalue weighted by molar-refractivity contribution is -0.127. The first-order valence-electron chi connectivity index (χ1n) is 5.64. The van der Waals surface area contributed by atoms with Gasteiger partial charge in [-0.05, 0) is 25.1 Å². The highest BCUT2D eigenvalue weighted by Gasteiger charge is 2.30. The molecular formula is C12H14ClN3O2. The Bertz CT molecular complexity index is 504. The third-order valence-electron chi connectivity index (χ3n) is 3.01. The van der Waals surface area contributed by atoms with Gasteiger partial charge in [0.05, 0.1) is 5.56 Å². The number of carbonyl (C=O) groups excluding carboxylic acids is 2. The molecule has 6 heteroatoms. The van der Waals surface area contributed by atoms with Crippen LogP contribution in [0.1, 0.15) is 17.3 Å². The summed E-state index contributed by atoms with van der Waals surface area (Å²) in [7, 11) is 0. The number of nitrogens with one attached hydrogen (secondary N) is 1. The Labute approximate surface area is 110 Å². The predicted molar refractivity (Wildman–Crippen MR) is 69.4 cm³/mol. The first kappa shape index (κ1) is 12.7. The number of nitrogens with two attached hydrogens (primary N) is 1. The monoisotopic (exact) mass is 267 g/mol. The van der Waals surface area contributed by atoms with Crippen LogP contribution in [0, 0.1) is 0 Å². The SMILES string of the molecule is CC1C(=O)NCCN1C(=O)c1cc(Cl)ccc1N. The molecule has 0 bridgehead atoms. The molecule has 0 spiro atoms. The lowest BCUT2D eigenvalue weighted by Gasteiger charge is -2.33. The predicted octanol–water partition coefficient (Wildman–Crippen LogP) is 0.883. The fourth-order valence-corrected chi connectivity index (χ4v) is 2.10. The summed E-state index contributed by atoms with van der Waals surface area (Å²) >= 11 is 5.86. The number of anilines is 1. The third kappa shape index (κ3) is 2.26. The Hall–Kier alpha value is -1.75. The van der Waals surface area contributed by atoms with E-state index in [4.69, 9.17) is 17.3 Å². The molecule has 3 N–H and O–H groups in total. The second-order valence-corrected chi connectivity index (χ2v) is 4.63. The molecule has 1 aliphatic heterocycles. The number of carbonyl (C=O) groups is 2. The summed E-state index contributed by atoms with van der Waals surface area (Å²) in [5.74, 6) is -0.424. The highest BCUT2D eigenvalue weighted by Crippen LogP contribution is 2.21. The van der Waals surface area contributed by atoms with Crippen LogP contribution in [0.4, 0.5) is 5.69 Å². The molecule has 1 saturated heterocycles. The van der Waals surface area contributed by atoms with Crippen LogP contribution in [0.2, 0.25) is 5.02 Å². The van der Waals surface area contributed by atoms with E-state index in [2.05, 4.69) is 5.32 Å². The van der Waals surface area contributed by atoms with Crippen molar-refractivity contribution in [1.82, 2.24) is 10.2 Å². The normalized spacial score (nSPS) is 19.6. The van der Waals surface area contributed by atoms with Crippen molar-refractivity contribution in [2.75, 3.05) is 18.8 Å². The molecule has 18 heavy (non-hydrogen) atoms. The highest BCUT2D eigenvalue weighted by molar-refractivity contribution is 6.31. The maximum Gasteiger partial charge on any atom is 0.256 e. The molecule has 1 aromatic carbocycles. The van der Waals surface area contributed by atoms with Crippen LogP contribution in [0.3, 0.4) is 0 Å². The minimum absolute atomic E-state index is 0.157. The Morgan fingerprint density at radius 1 is 1.56 bits per heavy atom. The van der Waals surface area contributed by atoms with Gasteiger partial charge in [0.25, 0.3) is 5.91 Å². The van der Waals surface area contributed by atoms with E-state index in [0.717, 1.165) is 0 Å². The number of benzene rings is 1. The van der Waals surface area contributed by atoms with Gasteiger partial charge in [-0.3, -0.25) is 9.59 Å². The molecule has 1 heterocycles. The minimum atomic E-state index is -0.496. The van der Waals surface area contributed by atoms with E-state index >= 15 is 0 Å². The van der Waals surface area contributed by atoms with Crippen molar-refractivity contribution in [1.29, 1.82) is 0 Å². The average Bonchev–Trinajstić information content (AvgIpc) is 2.35. The van der Waals surface area contributed by atoms with Crippen molar-refractivity contribution in [3.63, 3.8) is 0 Å². The number of halogens is 1. The van der Waals surface area contributed by atoms with Crippen molar-refractivity contribution in [2.45, 2.75) is 13.0 Å². The van der Waals surface area contributed by atoms with Crippen molar-refractivity contribution in [2.24, 2.45) is 0 Å². The summed E-state index contributed by atoms with van der Waals surface area (Å²) in [5, 5.41) is 3.15. The Kier molecular flexibility index (Phi) is 3.43. The van der Waals surface area contributed by atoms with Gasteiger partial charge in [-0.15, -0.1) is 0 Å². The van der Waals surface area contributed by atoms with Gasteiger partial charge < -0.3 is 16.0 Å². The van der Waals surface area contributed by atoms with Crippen LogP contribution in [0.25, 0.3) is 0 Å². The molecular weight excluding hydrogens is 254 g/mol. The summed E-state index contributed by atoms with van der Waals surface area (Å²) in [6.45, 7) is 2.61. The molecule has 1 fully saturated rings. The maximum atomic E-state index is 12.3. The Morgan fingerprint density at radius 3 is 3.00 bits per heavy atom. The Morgan fingerprint density at radius 2 is 2.28 bits per heavy atom. The lowest BCUT2D eigenvalue weighted by Crippen LogP contribution is -2.55. The fourth-order valence-electron chi connectivity index (χ4n) is 1.93. The standard InChI is InChI=1S/C12H14ClN3O2/c1-7-11(17)15-4-5-16(7)12(18)9-6-8(13)2-3-10(9)14/h2-3,6-7H,4-5,14H2,1H3,(H,15,17). The molecule has 96 valence electrons. The number of hydrogen-bond donors (Lipinski definition) is 2. The number of piperazine rings is 1. The van der Waals surface area contributed by atoms with Crippen LogP contribution in [0.15, 0.2) is 18.2 Å². The molecule has 5 nitrogen and oxygen atoms in total. The van der Waals surface area contributed by atoms with Crippen LogP contribution in [-0.4, -0.2) is 35.8 Å². The van der Waals surface area contributed by atoms with Crippen molar-refractivity contribution < 1.29 is 9.59 Å². The highest BCUT2D eigenvalue weighted by atomic mass is 35.5. The van der Waals surface area contributed by atoms with Crippen molar-refractivity contribution >= 4 is 29.1 Å². The van der Waals surface area contributed by atoms with Gasteiger partial charge in [-0.2, -0.15) is 0 Å². The molecule has 0 aliphatic carbocycles. The third-order valence-corrected chi connectivity index (χ3v) is 3.24. The van der Waals surface area contributed by atoms with E-state index in [9.17, 15) is 9.59 Å². The van der Waals surface area contributed by atoms with Crippen molar-refractivity contribution in [3.05, 3.63) is 28.8 Å². The van der Waals surface area contributed by atoms with Crippen LogP contribution >= 0.6 is 11.6 Å². The fraction of sp³-hybridized carbons (Fsp3) is 0.333. The molecule has 2 amide bonds. The van der Waals surface area contributed by atoms with E-state index in [1.165, 1.54) is 11.0 Å². The first-order chi connectivity index (χ1) is 8.50. The van der Waals surface area contributed by atoms with Crippen molar-refractivity contribution in [3.8, 4) is 0 Å². The Balaban J connectivity index is 2.30. The van der Waals surface area contributed by atoms with Gasteiger partial charge >= 0.3 is 0 Å². The average molecular weight is 268 g/mol. The molecule has 0 saturated carbocycles. The number of hydrogen-bond acceptors (Lipinski definition) is 3. The summed E-state index contributed by atoms with van der Waals surface area (Å²) in [5.41, 5.74) is 6.47. The largest absolute Gasteiger partial charge is 0.398 e. The van der Waals surface area contributed by atoms with Gasteiger partial charge in [0.15, 0.2) is 0 Å². The molecule has 1 unspecified atom stereocenters. The molecule has 1 aliphatic rings. The molecule has 0 radical (unpaired) electrons. The van der Waals surface area contributed by atoms with Crippen LogP contribution in [0.5, 0.6) is 0 Å². The summed E-state index contributed by atoms with van der Waals surface area (Å²) in [6.07, 6.45) is 0. The van der Waals surface area contributed by atoms with Gasteiger partial charge in [0.2, 0.25) is 5.91 Å². The number of nitrogen functional groups attached to an aromatic ring is 1. The number of rotatable bonds is 1. The van der Waals surface area contributed by atoms with E-state index < -0.39 is 6.04 Å². The quantitative estimate of drug-likeness (QED) is 0.742. The second-order valence-electron chi connectivity index (χ2n) is 4.20. The second kappa shape index (κ2) is 4.86. The number of nitrogens with zero attached hydrogens (tertiary/aromatic N) is 1. The van der Waals surface area contributed by atoms with Gasteiger partial charge in [-0.1, -0.05) is 11.6 Å². The summed E-state index contributed by atoms with van der Waals surface area (Å²) < 4.78 is 0. The van der Waals surface area contributed by atoms with E-state index in [1.807, 2.05) is 0 Å².